The fourth-order valence-electron chi connectivity index (χ4n) is 2.14. The first-order valence-electron chi connectivity index (χ1n) is 8.12. The molecule has 1 unspecified atom stereocenters. The number of hydrogen-bond acceptors (Lipinski definition) is 6. The number of carbonyl (C=O) groups is 2. The number of benzene rings is 2. The van der Waals surface area contributed by atoms with Crippen LogP contribution in [-0.4, -0.2) is 44.8 Å². The molecule has 3 N–H and O–H groups in total. The predicted octanol–water partition coefficient (Wildman–Crippen LogP) is 2.36. The highest BCUT2D eigenvalue weighted by molar-refractivity contribution is 7.89. The highest BCUT2D eigenvalue weighted by Gasteiger charge is 2.21. The lowest BCUT2D eigenvalue weighted by Crippen LogP contribution is -2.30. The van der Waals surface area contributed by atoms with Crippen LogP contribution in [0.3, 0.4) is 0 Å². The summed E-state index contributed by atoms with van der Waals surface area (Å²) in [5.41, 5.74) is 6.27. The molecule has 2 rings (SSSR count). The first-order valence-corrected chi connectivity index (χ1v) is 9.93. The second-order valence-electron chi connectivity index (χ2n) is 6.09. The number of sulfonamides is 1. The molecule has 0 aliphatic carbocycles. The predicted molar refractivity (Wildman–Crippen MR) is 107 cm³/mol. The van der Waals surface area contributed by atoms with Crippen LogP contribution in [0, 0.1) is 0 Å². The summed E-state index contributed by atoms with van der Waals surface area (Å²) in [6.07, 6.45) is -1.13. The third-order valence-corrected chi connectivity index (χ3v) is 5.92. The summed E-state index contributed by atoms with van der Waals surface area (Å²) in [6, 6.07) is 10.0. The zero-order valence-electron chi connectivity index (χ0n) is 15.5. The van der Waals surface area contributed by atoms with E-state index in [1.807, 2.05) is 0 Å². The molecule has 150 valence electrons. The van der Waals surface area contributed by atoms with Crippen molar-refractivity contribution in [2.75, 3.05) is 25.1 Å². The van der Waals surface area contributed by atoms with Gasteiger partial charge in [0.15, 0.2) is 6.10 Å². The van der Waals surface area contributed by atoms with Crippen LogP contribution < -0.4 is 11.1 Å². The standard InChI is InChI=1S/C18H20ClN3O5S/c1-11(27-18(24)12-7-8-15(19)16(20)9-12)17(23)21-13-5-4-6-14(10-13)28(25,26)22(2)3/h4-11H,20H2,1-3H3,(H,21,23). The Labute approximate surface area is 168 Å². The zero-order chi connectivity index (χ0) is 21.1. The topological polar surface area (TPSA) is 119 Å². The third-order valence-electron chi connectivity index (χ3n) is 3.76. The number of nitrogens with zero attached hydrogens (tertiary/aromatic N) is 1. The highest BCUT2D eigenvalue weighted by atomic mass is 35.5. The van der Waals surface area contributed by atoms with E-state index in [1.54, 1.807) is 0 Å². The SMILES string of the molecule is CC(OC(=O)c1ccc(Cl)c(N)c1)C(=O)Nc1cccc(S(=O)(=O)N(C)C)c1. The molecule has 2 aromatic carbocycles. The summed E-state index contributed by atoms with van der Waals surface area (Å²) in [7, 11) is -0.827. The maximum Gasteiger partial charge on any atom is 0.338 e. The summed E-state index contributed by atoms with van der Waals surface area (Å²) < 4.78 is 30.6. The van der Waals surface area contributed by atoms with Crippen molar-refractivity contribution in [2.45, 2.75) is 17.9 Å². The molecule has 1 amide bonds. The van der Waals surface area contributed by atoms with Crippen LogP contribution in [0.5, 0.6) is 0 Å². The lowest BCUT2D eigenvalue weighted by molar-refractivity contribution is -0.123. The first-order chi connectivity index (χ1) is 13.0. The van der Waals surface area contributed by atoms with E-state index < -0.39 is 28.0 Å². The van der Waals surface area contributed by atoms with Crippen LogP contribution in [0.25, 0.3) is 0 Å². The van der Waals surface area contributed by atoms with Gasteiger partial charge in [-0.2, -0.15) is 0 Å². The number of amides is 1. The quantitative estimate of drug-likeness (QED) is 0.541. The summed E-state index contributed by atoms with van der Waals surface area (Å²) in [5.74, 6) is -1.36. The van der Waals surface area contributed by atoms with Gasteiger partial charge in [-0.3, -0.25) is 4.79 Å². The lowest BCUT2D eigenvalue weighted by atomic mass is 10.2. The van der Waals surface area contributed by atoms with E-state index in [0.29, 0.717) is 5.02 Å². The first kappa shape index (κ1) is 21.7. The summed E-state index contributed by atoms with van der Waals surface area (Å²) in [5, 5.41) is 2.83. The molecular formula is C18H20ClN3O5S. The van der Waals surface area contributed by atoms with Crippen molar-refractivity contribution in [1.29, 1.82) is 0 Å². The highest BCUT2D eigenvalue weighted by Crippen LogP contribution is 2.21. The van der Waals surface area contributed by atoms with Gasteiger partial charge < -0.3 is 15.8 Å². The van der Waals surface area contributed by atoms with Crippen molar-refractivity contribution in [3.05, 3.63) is 53.1 Å². The van der Waals surface area contributed by atoms with Gasteiger partial charge in [-0.25, -0.2) is 17.5 Å². The summed E-state index contributed by atoms with van der Waals surface area (Å²) in [4.78, 5) is 24.5. The molecule has 0 aromatic heterocycles. The summed E-state index contributed by atoms with van der Waals surface area (Å²) in [6.45, 7) is 1.40. The number of nitrogen functional groups attached to an aromatic ring is 1. The maximum absolute atomic E-state index is 12.3. The van der Waals surface area contributed by atoms with Crippen molar-refractivity contribution in [2.24, 2.45) is 0 Å². The van der Waals surface area contributed by atoms with E-state index in [0.717, 1.165) is 4.31 Å². The molecule has 2 aromatic rings. The molecule has 0 saturated carbocycles. The van der Waals surface area contributed by atoms with Gasteiger partial charge in [-0.1, -0.05) is 17.7 Å². The fourth-order valence-corrected chi connectivity index (χ4v) is 3.21. The minimum absolute atomic E-state index is 0.0246. The molecule has 0 spiro atoms. The van der Waals surface area contributed by atoms with Gasteiger partial charge in [0.05, 0.1) is 21.2 Å². The minimum Gasteiger partial charge on any atom is -0.449 e. The number of carbonyl (C=O) groups excluding carboxylic acids is 2. The van der Waals surface area contributed by atoms with Crippen molar-refractivity contribution in [1.82, 2.24) is 4.31 Å². The smallest absolute Gasteiger partial charge is 0.338 e. The van der Waals surface area contributed by atoms with Crippen molar-refractivity contribution >= 4 is 44.9 Å². The van der Waals surface area contributed by atoms with E-state index in [4.69, 9.17) is 22.1 Å². The second kappa shape index (κ2) is 8.59. The number of rotatable bonds is 6. The molecule has 0 heterocycles. The Bertz CT molecular complexity index is 1010. The van der Waals surface area contributed by atoms with E-state index in [1.165, 1.54) is 63.5 Å². The Morgan fingerprint density at radius 2 is 1.86 bits per heavy atom. The number of nitrogens with one attached hydrogen (secondary N) is 1. The molecule has 0 aliphatic heterocycles. The van der Waals surface area contributed by atoms with Crippen molar-refractivity contribution in [3.8, 4) is 0 Å². The molecule has 0 radical (unpaired) electrons. The number of halogens is 1. The molecule has 28 heavy (non-hydrogen) atoms. The van der Waals surface area contributed by atoms with Crippen molar-refractivity contribution < 1.29 is 22.7 Å². The number of anilines is 2. The van der Waals surface area contributed by atoms with Crippen LogP contribution in [0.1, 0.15) is 17.3 Å². The van der Waals surface area contributed by atoms with Gasteiger partial charge in [0, 0.05) is 19.8 Å². The Balaban J connectivity index is 2.08. The number of ether oxygens (including phenoxy) is 1. The van der Waals surface area contributed by atoms with Crippen LogP contribution in [0.2, 0.25) is 5.02 Å². The number of nitrogens with two attached hydrogens (primary N) is 1. The largest absolute Gasteiger partial charge is 0.449 e. The van der Waals surface area contributed by atoms with Gasteiger partial charge in [-0.05, 0) is 43.3 Å². The van der Waals surface area contributed by atoms with Gasteiger partial charge in [-0.15, -0.1) is 0 Å². The van der Waals surface area contributed by atoms with Gasteiger partial charge >= 0.3 is 5.97 Å². The maximum atomic E-state index is 12.3. The molecule has 1 atom stereocenters. The molecular weight excluding hydrogens is 406 g/mol. The molecule has 0 bridgehead atoms. The molecule has 0 aliphatic rings. The molecule has 0 fully saturated rings. The normalized spacial score (nSPS) is 12.5. The van der Waals surface area contributed by atoms with Crippen molar-refractivity contribution in [3.63, 3.8) is 0 Å². The number of esters is 1. The van der Waals surface area contributed by atoms with Crippen LogP contribution in [0.4, 0.5) is 11.4 Å². The Morgan fingerprint density at radius 1 is 1.18 bits per heavy atom. The minimum atomic E-state index is -3.64. The Morgan fingerprint density at radius 3 is 2.46 bits per heavy atom. The Kier molecular flexibility index (Phi) is 6.65. The average Bonchev–Trinajstić information content (AvgIpc) is 2.63. The molecule has 10 heteroatoms. The molecule has 0 saturated heterocycles. The van der Waals surface area contributed by atoms with Gasteiger partial charge in [0.25, 0.3) is 5.91 Å². The van der Waals surface area contributed by atoms with Crippen LogP contribution in [-0.2, 0) is 19.6 Å². The van der Waals surface area contributed by atoms with E-state index in [9.17, 15) is 18.0 Å². The monoisotopic (exact) mass is 425 g/mol. The summed E-state index contributed by atoms with van der Waals surface area (Å²) >= 11 is 5.81. The van der Waals surface area contributed by atoms with Gasteiger partial charge in [0.1, 0.15) is 0 Å². The van der Waals surface area contributed by atoms with E-state index >= 15 is 0 Å². The Hall–Kier alpha value is -2.62. The fraction of sp³-hybridized carbons (Fsp3) is 0.222. The lowest BCUT2D eigenvalue weighted by Gasteiger charge is -2.15. The van der Waals surface area contributed by atoms with E-state index in [-0.39, 0.29) is 21.8 Å². The van der Waals surface area contributed by atoms with Crippen LogP contribution >= 0.6 is 11.6 Å². The second-order valence-corrected chi connectivity index (χ2v) is 8.65. The van der Waals surface area contributed by atoms with Gasteiger partial charge in [0.2, 0.25) is 10.0 Å². The third kappa shape index (κ3) is 5.00. The van der Waals surface area contributed by atoms with E-state index in [2.05, 4.69) is 5.32 Å². The molecule has 8 nitrogen and oxygen atoms in total. The van der Waals surface area contributed by atoms with Crippen LogP contribution in [0.15, 0.2) is 47.4 Å². The number of hydrogen-bond donors (Lipinski definition) is 2. The average molecular weight is 426 g/mol. The zero-order valence-corrected chi connectivity index (χ0v) is 17.0.